The summed E-state index contributed by atoms with van der Waals surface area (Å²) in [5.74, 6) is 0.716. The van der Waals surface area contributed by atoms with Crippen LogP contribution in [0.15, 0.2) is 22.7 Å². The maximum Gasteiger partial charge on any atom is 0.260 e. The maximum atomic E-state index is 11.9. The van der Waals surface area contributed by atoms with Gasteiger partial charge in [-0.25, -0.2) is 0 Å². The summed E-state index contributed by atoms with van der Waals surface area (Å²) in [5, 5.41) is 0. The number of carbonyl (C=O) groups is 1. The van der Waals surface area contributed by atoms with Crippen LogP contribution in [0.2, 0.25) is 0 Å². The minimum atomic E-state index is -0.000508. The molecule has 1 amide bonds. The number of carbonyl (C=O) groups excluding carboxylic acids is 1. The number of nitrogens with two attached hydrogens (primary N) is 1. The average molecular weight is 329 g/mol. The zero-order valence-corrected chi connectivity index (χ0v) is 13.1. The third-order valence-corrected chi connectivity index (χ3v) is 3.54. The van der Waals surface area contributed by atoms with Gasteiger partial charge in [-0.3, -0.25) is 4.79 Å². The highest BCUT2D eigenvalue weighted by molar-refractivity contribution is 9.10. The highest BCUT2D eigenvalue weighted by atomic mass is 79.9. The van der Waals surface area contributed by atoms with Gasteiger partial charge in [-0.15, -0.1) is 0 Å². The zero-order chi connectivity index (χ0) is 14.3. The van der Waals surface area contributed by atoms with E-state index < -0.39 is 0 Å². The highest BCUT2D eigenvalue weighted by Gasteiger charge is 2.13. The van der Waals surface area contributed by atoms with Crippen LogP contribution >= 0.6 is 15.9 Å². The lowest BCUT2D eigenvalue weighted by atomic mass is 10.1. The fraction of sp³-hybridized carbons (Fsp3) is 0.500. The minimum absolute atomic E-state index is 0.000508. The molecule has 4 nitrogen and oxygen atoms in total. The number of ether oxygens (including phenoxy) is 1. The van der Waals surface area contributed by atoms with Gasteiger partial charge in [0.05, 0.1) is 4.47 Å². The van der Waals surface area contributed by atoms with Crippen LogP contribution in [0.3, 0.4) is 0 Å². The molecule has 0 radical (unpaired) electrons. The largest absolute Gasteiger partial charge is 0.482 e. The van der Waals surface area contributed by atoms with Crippen LogP contribution in [0.1, 0.15) is 19.4 Å². The van der Waals surface area contributed by atoms with Crippen molar-refractivity contribution in [2.24, 2.45) is 5.73 Å². The molecule has 106 valence electrons. The first-order chi connectivity index (χ1) is 9.13. The van der Waals surface area contributed by atoms with Crippen molar-refractivity contribution in [2.75, 3.05) is 26.2 Å². The molecule has 5 heteroatoms. The average Bonchev–Trinajstić information content (AvgIpc) is 2.40. The second-order valence-electron chi connectivity index (χ2n) is 4.12. The van der Waals surface area contributed by atoms with Crippen molar-refractivity contribution in [3.63, 3.8) is 0 Å². The molecule has 2 N–H and O–H groups in total. The lowest BCUT2D eigenvalue weighted by Crippen LogP contribution is -2.34. The van der Waals surface area contributed by atoms with Gasteiger partial charge in [0, 0.05) is 13.1 Å². The highest BCUT2D eigenvalue weighted by Crippen LogP contribution is 2.29. The second-order valence-corrected chi connectivity index (χ2v) is 4.98. The van der Waals surface area contributed by atoms with Gasteiger partial charge in [0.1, 0.15) is 5.75 Å². The van der Waals surface area contributed by atoms with Crippen LogP contribution in [0.5, 0.6) is 5.75 Å². The molecule has 1 aromatic carbocycles. The number of halogens is 1. The van der Waals surface area contributed by atoms with Crippen molar-refractivity contribution in [3.8, 4) is 5.75 Å². The van der Waals surface area contributed by atoms with E-state index in [4.69, 9.17) is 10.5 Å². The maximum absolute atomic E-state index is 11.9. The Morgan fingerprint density at radius 1 is 1.37 bits per heavy atom. The Hall–Kier alpha value is -1.07. The van der Waals surface area contributed by atoms with Crippen LogP contribution in [-0.4, -0.2) is 37.0 Å². The first-order valence-electron chi connectivity index (χ1n) is 6.52. The fourth-order valence-electron chi connectivity index (χ4n) is 1.87. The Kier molecular flexibility index (Phi) is 6.87. The predicted octanol–water partition coefficient (Wildman–Crippen LogP) is 2.20. The molecule has 0 atom stereocenters. The van der Waals surface area contributed by atoms with E-state index in [-0.39, 0.29) is 12.5 Å². The third kappa shape index (κ3) is 4.51. The van der Waals surface area contributed by atoms with Gasteiger partial charge in [-0.1, -0.05) is 12.1 Å². The van der Waals surface area contributed by atoms with Gasteiger partial charge in [0.25, 0.3) is 5.91 Å². The quantitative estimate of drug-likeness (QED) is 0.834. The van der Waals surface area contributed by atoms with Crippen molar-refractivity contribution in [1.82, 2.24) is 4.90 Å². The van der Waals surface area contributed by atoms with Crippen LogP contribution in [0.4, 0.5) is 0 Å². The Bertz CT molecular complexity index is 420. The van der Waals surface area contributed by atoms with Crippen molar-refractivity contribution in [2.45, 2.75) is 20.3 Å². The summed E-state index contributed by atoms with van der Waals surface area (Å²) in [4.78, 5) is 13.7. The monoisotopic (exact) mass is 328 g/mol. The van der Waals surface area contributed by atoms with E-state index in [1.54, 1.807) is 4.90 Å². The van der Waals surface area contributed by atoms with E-state index in [2.05, 4.69) is 15.9 Å². The zero-order valence-electron chi connectivity index (χ0n) is 11.5. The number of rotatable bonds is 7. The summed E-state index contributed by atoms with van der Waals surface area (Å²) in [6.07, 6.45) is 0.730. The Balaban J connectivity index is 2.74. The van der Waals surface area contributed by atoms with E-state index in [1.807, 2.05) is 32.0 Å². The van der Waals surface area contributed by atoms with Gasteiger partial charge < -0.3 is 15.4 Å². The van der Waals surface area contributed by atoms with Gasteiger partial charge >= 0.3 is 0 Å². The number of hydrogen-bond donors (Lipinski definition) is 1. The van der Waals surface area contributed by atoms with E-state index in [1.165, 1.54) is 0 Å². The summed E-state index contributed by atoms with van der Waals surface area (Å²) in [6, 6.07) is 5.81. The van der Waals surface area contributed by atoms with Crippen LogP contribution < -0.4 is 10.5 Å². The van der Waals surface area contributed by atoms with Crippen molar-refractivity contribution >= 4 is 21.8 Å². The van der Waals surface area contributed by atoms with Crippen molar-refractivity contribution in [1.29, 1.82) is 0 Å². The van der Waals surface area contributed by atoms with E-state index in [0.29, 0.717) is 25.4 Å². The number of nitrogens with zero attached hydrogens (tertiary/aromatic N) is 1. The van der Waals surface area contributed by atoms with E-state index in [9.17, 15) is 4.79 Å². The lowest BCUT2D eigenvalue weighted by Gasteiger charge is -2.19. The molecule has 0 saturated heterocycles. The topological polar surface area (TPSA) is 55.6 Å². The summed E-state index contributed by atoms with van der Waals surface area (Å²) >= 11 is 3.45. The molecule has 0 fully saturated rings. The van der Waals surface area contributed by atoms with Gasteiger partial charge in [-0.2, -0.15) is 0 Å². The summed E-state index contributed by atoms with van der Waals surface area (Å²) in [5.41, 5.74) is 6.60. The summed E-state index contributed by atoms with van der Waals surface area (Å²) < 4.78 is 6.53. The van der Waals surface area contributed by atoms with Gasteiger partial charge in [0.2, 0.25) is 0 Å². The van der Waals surface area contributed by atoms with Gasteiger partial charge in [-0.05, 0) is 54.4 Å². The van der Waals surface area contributed by atoms with Gasteiger partial charge in [0.15, 0.2) is 6.61 Å². The molecule has 0 heterocycles. The smallest absolute Gasteiger partial charge is 0.260 e. The second kappa shape index (κ2) is 8.17. The summed E-state index contributed by atoms with van der Waals surface area (Å²) in [6.45, 7) is 5.92. The molecule has 0 saturated carbocycles. The molecule has 1 aromatic rings. The van der Waals surface area contributed by atoms with Crippen molar-refractivity contribution in [3.05, 3.63) is 28.2 Å². The predicted molar refractivity (Wildman–Crippen MR) is 80.3 cm³/mol. The number of benzene rings is 1. The molecule has 0 aromatic heterocycles. The SMILES string of the molecule is CCN(CC)C(=O)COc1c(Br)cccc1CCN. The van der Waals surface area contributed by atoms with E-state index in [0.717, 1.165) is 16.5 Å². The number of amides is 1. The Morgan fingerprint density at radius 3 is 2.63 bits per heavy atom. The van der Waals surface area contributed by atoms with Crippen LogP contribution in [-0.2, 0) is 11.2 Å². The molecule has 0 spiro atoms. The number of para-hydroxylation sites is 1. The molecule has 0 unspecified atom stereocenters. The molecular formula is C14H21BrN2O2. The Labute approximate surface area is 123 Å². The number of likely N-dealkylation sites (N-methyl/N-ethyl adjacent to an activating group) is 1. The van der Waals surface area contributed by atoms with Crippen LogP contribution in [0.25, 0.3) is 0 Å². The normalized spacial score (nSPS) is 10.3. The third-order valence-electron chi connectivity index (χ3n) is 2.92. The summed E-state index contributed by atoms with van der Waals surface area (Å²) in [7, 11) is 0. The standard InChI is InChI=1S/C14H21BrN2O2/c1-3-17(4-2)13(18)10-19-14-11(8-9-16)6-5-7-12(14)15/h5-7H,3-4,8-10,16H2,1-2H3. The Morgan fingerprint density at radius 2 is 2.05 bits per heavy atom. The number of hydrogen-bond acceptors (Lipinski definition) is 3. The van der Waals surface area contributed by atoms with E-state index >= 15 is 0 Å². The first kappa shape index (κ1) is 16.0. The lowest BCUT2D eigenvalue weighted by molar-refractivity contribution is -0.132. The molecule has 0 aliphatic carbocycles. The molecule has 1 rings (SSSR count). The first-order valence-corrected chi connectivity index (χ1v) is 7.31. The molecule has 0 bridgehead atoms. The fourth-order valence-corrected chi connectivity index (χ4v) is 2.39. The molecular weight excluding hydrogens is 308 g/mol. The molecule has 0 aliphatic heterocycles. The van der Waals surface area contributed by atoms with Crippen molar-refractivity contribution < 1.29 is 9.53 Å². The molecule has 19 heavy (non-hydrogen) atoms. The van der Waals surface area contributed by atoms with Crippen LogP contribution in [0, 0.1) is 0 Å². The molecule has 0 aliphatic rings. The minimum Gasteiger partial charge on any atom is -0.482 e.